The Morgan fingerprint density at radius 3 is 2.67 bits per heavy atom. The summed E-state index contributed by atoms with van der Waals surface area (Å²) in [5.74, 6) is 0. The van der Waals surface area contributed by atoms with Gasteiger partial charge in [-0.3, -0.25) is 0 Å². The van der Waals surface area contributed by atoms with E-state index in [0.717, 1.165) is 0 Å². The molecule has 84 valence electrons. The van der Waals surface area contributed by atoms with E-state index in [-0.39, 0.29) is 5.41 Å². The van der Waals surface area contributed by atoms with E-state index in [4.69, 9.17) is 0 Å². The van der Waals surface area contributed by atoms with Crippen LogP contribution in [0.2, 0.25) is 0 Å². The second-order valence-corrected chi connectivity index (χ2v) is 5.02. The molecule has 1 nitrogen and oxygen atoms in total. The maximum atomic E-state index is 9.42. The molecule has 1 aliphatic rings. The van der Waals surface area contributed by atoms with Gasteiger partial charge >= 0.3 is 0 Å². The maximum absolute atomic E-state index is 9.42. The Balaban J connectivity index is 2.89. The van der Waals surface area contributed by atoms with Crippen LogP contribution in [-0.4, -0.2) is 11.2 Å². The average molecular weight is 206 g/mol. The van der Waals surface area contributed by atoms with E-state index in [1.54, 1.807) is 6.08 Å². The molecular weight excluding hydrogens is 184 g/mol. The van der Waals surface area contributed by atoms with E-state index in [1.165, 1.54) is 30.4 Å². The molecule has 0 aromatic carbocycles. The van der Waals surface area contributed by atoms with Crippen LogP contribution in [0.5, 0.6) is 0 Å². The van der Waals surface area contributed by atoms with Crippen molar-refractivity contribution in [1.82, 2.24) is 0 Å². The van der Waals surface area contributed by atoms with Gasteiger partial charge in [0.1, 0.15) is 0 Å². The molecule has 1 N–H and O–H groups in total. The van der Waals surface area contributed by atoms with Crippen LogP contribution in [0.1, 0.15) is 40.0 Å². The molecule has 0 aromatic rings. The van der Waals surface area contributed by atoms with Crippen LogP contribution in [0, 0.1) is 5.41 Å². The first kappa shape index (κ1) is 12.3. The quantitative estimate of drug-likeness (QED) is 0.699. The summed E-state index contributed by atoms with van der Waals surface area (Å²) in [7, 11) is 0. The van der Waals surface area contributed by atoms with Crippen molar-refractivity contribution in [1.29, 1.82) is 0 Å². The van der Waals surface area contributed by atoms with Crippen LogP contribution < -0.4 is 0 Å². The van der Waals surface area contributed by atoms with Gasteiger partial charge in [-0.2, -0.15) is 0 Å². The molecule has 0 fully saturated rings. The second-order valence-electron chi connectivity index (χ2n) is 5.02. The Labute approximate surface area is 93.2 Å². The number of aliphatic hydroxyl groups is 1. The minimum Gasteiger partial charge on any atom is -0.385 e. The second kappa shape index (κ2) is 4.80. The molecule has 1 aliphatic carbocycles. The van der Waals surface area contributed by atoms with Gasteiger partial charge in [-0.05, 0) is 37.2 Å². The zero-order valence-corrected chi connectivity index (χ0v) is 10.1. The first-order valence-corrected chi connectivity index (χ1v) is 5.66. The monoisotopic (exact) mass is 206 g/mol. The summed E-state index contributed by atoms with van der Waals surface area (Å²) in [5.41, 5.74) is 3.09. The number of aliphatic hydroxyl groups excluding tert-OH is 1. The molecule has 1 atom stereocenters. The molecule has 0 saturated carbocycles. The van der Waals surface area contributed by atoms with Crippen molar-refractivity contribution < 1.29 is 5.11 Å². The Hall–Kier alpha value is -0.820. The highest BCUT2D eigenvalue weighted by Gasteiger charge is 2.26. The molecule has 1 rings (SSSR count). The molecular formula is C14H22O. The normalized spacial score (nSPS) is 23.2. The Bertz CT molecular complexity index is 294. The van der Waals surface area contributed by atoms with Crippen molar-refractivity contribution in [3.8, 4) is 0 Å². The van der Waals surface area contributed by atoms with Gasteiger partial charge in [-0.1, -0.05) is 37.6 Å². The number of hydrogen-bond acceptors (Lipinski definition) is 1. The van der Waals surface area contributed by atoms with Gasteiger partial charge in [0.05, 0.1) is 6.10 Å². The van der Waals surface area contributed by atoms with Crippen LogP contribution in [0.25, 0.3) is 0 Å². The Morgan fingerprint density at radius 1 is 1.47 bits per heavy atom. The minimum absolute atomic E-state index is 0.250. The summed E-state index contributed by atoms with van der Waals surface area (Å²) in [6.45, 7) is 10.3. The van der Waals surface area contributed by atoms with Crippen LogP contribution in [0.15, 0.2) is 36.0 Å². The highest BCUT2D eigenvalue weighted by Crippen LogP contribution is 2.40. The SMILES string of the molecule is C=CC(O)/C=C/C1=C(C)CCCC1(C)C. The van der Waals surface area contributed by atoms with E-state index in [9.17, 15) is 5.11 Å². The summed E-state index contributed by atoms with van der Waals surface area (Å²) in [6.07, 6.45) is 8.60. The van der Waals surface area contributed by atoms with Gasteiger partial charge < -0.3 is 5.11 Å². The van der Waals surface area contributed by atoms with Crippen LogP contribution >= 0.6 is 0 Å². The topological polar surface area (TPSA) is 20.2 Å². The van der Waals surface area contributed by atoms with E-state index in [0.29, 0.717) is 0 Å². The molecule has 0 heterocycles. The van der Waals surface area contributed by atoms with Gasteiger partial charge in [0.25, 0.3) is 0 Å². The third-order valence-electron chi connectivity index (χ3n) is 3.24. The van der Waals surface area contributed by atoms with Gasteiger partial charge in [0, 0.05) is 0 Å². The summed E-state index contributed by atoms with van der Waals surface area (Å²) in [5, 5.41) is 9.42. The van der Waals surface area contributed by atoms with Gasteiger partial charge in [0.2, 0.25) is 0 Å². The van der Waals surface area contributed by atoms with Gasteiger partial charge in [-0.15, -0.1) is 6.58 Å². The summed E-state index contributed by atoms with van der Waals surface area (Å²) >= 11 is 0. The Kier molecular flexibility index (Phi) is 3.92. The van der Waals surface area contributed by atoms with Crippen LogP contribution in [-0.2, 0) is 0 Å². The lowest BCUT2D eigenvalue weighted by Crippen LogP contribution is -2.19. The first-order chi connectivity index (χ1) is 6.97. The van der Waals surface area contributed by atoms with Crippen molar-refractivity contribution >= 4 is 0 Å². The minimum atomic E-state index is -0.525. The van der Waals surface area contributed by atoms with Crippen molar-refractivity contribution in [2.24, 2.45) is 5.41 Å². The molecule has 0 saturated heterocycles. The van der Waals surface area contributed by atoms with Crippen molar-refractivity contribution in [2.45, 2.75) is 46.1 Å². The number of hydrogen-bond donors (Lipinski definition) is 1. The van der Waals surface area contributed by atoms with Gasteiger partial charge in [0.15, 0.2) is 0 Å². The van der Waals surface area contributed by atoms with Crippen LogP contribution in [0.4, 0.5) is 0 Å². The molecule has 0 aliphatic heterocycles. The van der Waals surface area contributed by atoms with Crippen molar-refractivity contribution in [3.63, 3.8) is 0 Å². The smallest absolute Gasteiger partial charge is 0.0903 e. The highest BCUT2D eigenvalue weighted by atomic mass is 16.3. The maximum Gasteiger partial charge on any atom is 0.0903 e. The fraction of sp³-hybridized carbons (Fsp3) is 0.571. The van der Waals surface area contributed by atoms with E-state index in [2.05, 4.69) is 33.4 Å². The number of allylic oxidation sites excluding steroid dienone is 3. The summed E-state index contributed by atoms with van der Waals surface area (Å²) in [6, 6.07) is 0. The molecule has 0 aromatic heterocycles. The molecule has 1 heteroatoms. The third-order valence-corrected chi connectivity index (χ3v) is 3.24. The standard InChI is InChI=1S/C14H22O/c1-5-12(15)8-9-13-11(2)7-6-10-14(13,3)4/h5,8-9,12,15H,1,6-7,10H2,2-4H3/b9-8+. The van der Waals surface area contributed by atoms with Crippen molar-refractivity contribution in [3.05, 3.63) is 36.0 Å². The lowest BCUT2D eigenvalue weighted by Gasteiger charge is -2.33. The molecule has 0 bridgehead atoms. The van der Waals surface area contributed by atoms with E-state index < -0.39 is 6.10 Å². The zero-order chi connectivity index (χ0) is 11.5. The van der Waals surface area contributed by atoms with E-state index in [1.807, 2.05) is 6.08 Å². The molecule has 15 heavy (non-hydrogen) atoms. The highest BCUT2D eigenvalue weighted by molar-refractivity contribution is 5.33. The van der Waals surface area contributed by atoms with Crippen molar-refractivity contribution in [2.75, 3.05) is 0 Å². The lowest BCUT2D eigenvalue weighted by molar-refractivity contribution is 0.271. The Morgan fingerprint density at radius 2 is 2.13 bits per heavy atom. The summed E-state index contributed by atoms with van der Waals surface area (Å²) in [4.78, 5) is 0. The van der Waals surface area contributed by atoms with E-state index >= 15 is 0 Å². The van der Waals surface area contributed by atoms with Crippen LogP contribution in [0.3, 0.4) is 0 Å². The number of rotatable bonds is 3. The molecule has 0 spiro atoms. The third kappa shape index (κ3) is 3.07. The molecule has 1 unspecified atom stereocenters. The fourth-order valence-corrected chi connectivity index (χ4v) is 2.28. The average Bonchev–Trinajstić information content (AvgIpc) is 2.15. The first-order valence-electron chi connectivity index (χ1n) is 5.66. The largest absolute Gasteiger partial charge is 0.385 e. The summed E-state index contributed by atoms with van der Waals surface area (Å²) < 4.78 is 0. The lowest BCUT2D eigenvalue weighted by atomic mass is 9.72. The van der Waals surface area contributed by atoms with Gasteiger partial charge in [-0.25, -0.2) is 0 Å². The predicted octanol–water partition coefficient (Wildman–Crippen LogP) is 3.62. The predicted molar refractivity (Wildman–Crippen MR) is 65.7 cm³/mol. The zero-order valence-electron chi connectivity index (χ0n) is 10.1. The fourth-order valence-electron chi connectivity index (χ4n) is 2.28. The molecule has 0 radical (unpaired) electrons. The molecule has 0 amide bonds.